The van der Waals surface area contributed by atoms with Crippen molar-refractivity contribution in [1.29, 1.82) is 0 Å². The summed E-state index contributed by atoms with van der Waals surface area (Å²) in [5, 5.41) is 5.22. The van der Waals surface area contributed by atoms with Crippen LogP contribution in [0.5, 0.6) is 0 Å². The van der Waals surface area contributed by atoms with E-state index >= 15 is 0 Å². The van der Waals surface area contributed by atoms with Gasteiger partial charge in [-0.15, -0.1) is 0 Å². The molecule has 100 valence electrons. The normalized spacial score (nSPS) is 14.9. The van der Waals surface area contributed by atoms with Gasteiger partial charge in [-0.05, 0) is 43.9 Å². The molecule has 0 aliphatic heterocycles. The summed E-state index contributed by atoms with van der Waals surface area (Å²) in [5.74, 6) is 0.425. The summed E-state index contributed by atoms with van der Waals surface area (Å²) in [6.45, 7) is 1.97. The highest BCUT2D eigenvalue weighted by atomic mass is 16.2. The number of amides is 3. The van der Waals surface area contributed by atoms with Crippen LogP contribution in [0.4, 0.5) is 16.2 Å². The molecule has 0 aromatic heterocycles. The van der Waals surface area contributed by atoms with Gasteiger partial charge >= 0.3 is 6.03 Å². The van der Waals surface area contributed by atoms with Gasteiger partial charge in [-0.3, -0.25) is 4.79 Å². The second kappa shape index (κ2) is 5.56. The summed E-state index contributed by atoms with van der Waals surface area (Å²) in [4.78, 5) is 22.5. The molecule has 1 saturated carbocycles. The van der Waals surface area contributed by atoms with Gasteiger partial charge in [0.15, 0.2) is 0 Å². The average molecular weight is 259 g/mol. The molecule has 0 unspecified atom stereocenters. The number of rotatable bonds is 4. The Kier molecular flexibility index (Phi) is 3.85. The van der Waals surface area contributed by atoms with E-state index in [9.17, 15) is 9.59 Å². The summed E-state index contributed by atoms with van der Waals surface area (Å²) in [5.41, 5.74) is 7.32. The molecule has 1 aliphatic carbocycles. The standard InChI is InChI=1S/C14H17N3O2/c1-9(10-5-6-10)7-13(18)16-11-3-2-4-12(8-11)17-14(15)19/h2-4,7-8,10H,5-6H2,1H3,(H,16,18)(H3,15,17,19)/b9-7+. The lowest BCUT2D eigenvalue weighted by atomic mass is 10.2. The minimum Gasteiger partial charge on any atom is -0.351 e. The average Bonchev–Trinajstić information content (AvgIpc) is 3.11. The number of primary amides is 1. The number of nitrogens with two attached hydrogens (primary N) is 1. The molecule has 3 amide bonds. The SMILES string of the molecule is C/C(=C\C(=O)Nc1cccc(NC(N)=O)c1)C1CC1. The fourth-order valence-electron chi connectivity index (χ4n) is 1.86. The molecule has 4 N–H and O–H groups in total. The molecule has 1 aromatic carbocycles. The molecule has 19 heavy (non-hydrogen) atoms. The van der Waals surface area contributed by atoms with Gasteiger partial charge in [-0.1, -0.05) is 11.6 Å². The van der Waals surface area contributed by atoms with Gasteiger partial charge in [-0.25, -0.2) is 4.79 Å². The molecule has 0 saturated heterocycles. The number of urea groups is 1. The Morgan fingerprint density at radius 1 is 1.26 bits per heavy atom. The first kappa shape index (κ1) is 13.1. The van der Waals surface area contributed by atoms with Crippen LogP contribution in [-0.4, -0.2) is 11.9 Å². The zero-order valence-corrected chi connectivity index (χ0v) is 10.8. The second-order valence-corrected chi connectivity index (χ2v) is 4.72. The topological polar surface area (TPSA) is 84.2 Å². The highest BCUT2D eigenvalue weighted by molar-refractivity contribution is 6.00. The second-order valence-electron chi connectivity index (χ2n) is 4.72. The molecule has 0 atom stereocenters. The smallest absolute Gasteiger partial charge is 0.316 e. The maximum absolute atomic E-state index is 11.8. The number of hydrogen-bond donors (Lipinski definition) is 3. The number of allylic oxidation sites excluding steroid dienone is 1. The van der Waals surface area contributed by atoms with Crippen LogP contribution < -0.4 is 16.4 Å². The van der Waals surface area contributed by atoms with Crippen LogP contribution in [-0.2, 0) is 4.79 Å². The van der Waals surface area contributed by atoms with E-state index in [4.69, 9.17) is 5.73 Å². The molecule has 5 nitrogen and oxygen atoms in total. The van der Waals surface area contributed by atoms with Crippen molar-refractivity contribution in [3.05, 3.63) is 35.9 Å². The van der Waals surface area contributed by atoms with E-state index in [1.165, 1.54) is 12.8 Å². The third-order valence-electron chi connectivity index (χ3n) is 2.98. The molecule has 2 rings (SSSR count). The number of benzene rings is 1. The number of hydrogen-bond acceptors (Lipinski definition) is 2. The monoisotopic (exact) mass is 259 g/mol. The van der Waals surface area contributed by atoms with E-state index in [0.717, 1.165) is 5.57 Å². The highest BCUT2D eigenvalue weighted by Crippen LogP contribution is 2.35. The van der Waals surface area contributed by atoms with Crippen LogP contribution in [0.2, 0.25) is 0 Å². The van der Waals surface area contributed by atoms with Gasteiger partial charge < -0.3 is 16.4 Å². The van der Waals surface area contributed by atoms with E-state index < -0.39 is 6.03 Å². The van der Waals surface area contributed by atoms with Crippen molar-refractivity contribution in [2.45, 2.75) is 19.8 Å². The van der Waals surface area contributed by atoms with E-state index in [1.807, 2.05) is 6.92 Å². The maximum Gasteiger partial charge on any atom is 0.316 e. The van der Waals surface area contributed by atoms with E-state index in [1.54, 1.807) is 30.3 Å². The lowest BCUT2D eigenvalue weighted by Crippen LogP contribution is -2.19. The predicted molar refractivity (Wildman–Crippen MR) is 74.8 cm³/mol. The quantitative estimate of drug-likeness (QED) is 0.726. The molecule has 1 aliphatic rings. The molecule has 0 radical (unpaired) electrons. The van der Waals surface area contributed by atoms with Crippen molar-refractivity contribution < 1.29 is 9.59 Å². The molecule has 5 heteroatoms. The Bertz CT molecular complexity index is 533. The Balaban J connectivity index is 2.00. The predicted octanol–water partition coefficient (Wildman–Crippen LogP) is 2.47. The summed E-state index contributed by atoms with van der Waals surface area (Å²) >= 11 is 0. The Morgan fingerprint density at radius 3 is 2.47 bits per heavy atom. The maximum atomic E-state index is 11.8. The summed E-state index contributed by atoms with van der Waals surface area (Å²) < 4.78 is 0. The molecular weight excluding hydrogens is 242 g/mol. The zero-order valence-electron chi connectivity index (χ0n) is 10.8. The van der Waals surface area contributed by atoms with Crippen molar-refractivity contribution in [3.8, 4) is 0 Å². The van der Waals surface area contributed by atoms with Crippen LogP contribution >= 0.6 is 0 Å². The van der Waals surface area contributed by atoms with Crippen LogP contribution in [0.1, 0.15) is 19.8 Å². The number of anilines is 2. The largest absolute Gasteiger partial charge is 0.351 e. The van der Waals surface area contributed by atoms with E-state index in [2.05, 4.69) is 10.6 Å². The molecule has 1 fully saturated rings. The minimum atomic E-state index is -0.632. The van der Waals surface area contributed by atoms with Gasteiger partial charge in [0.05, 0.1) is 0 Å². The molecule has 0 spiro atoms. The minimum absolute atomic E-state index is 0.152. The zero-order chi connectivity index (χ0) is 13.8. The van der Waals surface area contributed by atoms with Gasteiger partial charge in [-0.2, -0.15) is 0 Å². The Hall–Kier alpha value is -2.30. The summed E-state index contributed by atoms with van der Waals surface area (Å²) in [7, 11) is 0. The van der Waals surface area contributed by atoms with Crippen LogP contribution in [0.3, 0.4) is 0 Å². The number of carbonyl (C=O) groups excluding carboxylic acids is 2. The Morgan fingerprint density at radius 2 is 1.89 bits per heavy atom. The first-order valence-electron chi connectivity index (χ1n) is 6.20. The van der Waals surface area contributed by atoms with Crippen molar-refractivity contribution in [3.63, 3.8) is 0 Å². The molecular formula is C14H17N3O2. The number of nitrogens with one attached hydrogen (secondary N) is 2. The van der Waals surface area contributed by atoms with E-state index in [-0.39, 0.29) is 5.91 Å². The van der Waals surface area contributed by atoms with Gasteiger partial charge in [0.2, 0.25) is 5.91 Å². The highest BCUT2D eigenvalue weighted by Gasteiger charge is 2.23. The fourth-order valence-corrected chi connectivity index (χ4v) is 1.86. The molecule has 0 heterocycles. The molecule has 0 bridgehead atoms. The summed E-state index contributed by atoms with van der Waals surface area (Å²) in [6, 6.07) is 6.21. The van der Waals surface area contributed by atoms with Crippen molar-refractivity contribution in [2.24, 2.45) is 11.7 Å². The number of carbonyl (C=O) groups is 2. The summed E-state index contributed by atoms with van der Waals surface area (Å²) in [6.07, 6.45) is 3.98. The first-order valence-corrected chi connectivity index (χ1v) is 6.20. The Labute approximate surface area is 111 Å². The van der Waals surface area contributed by atoms with Crippen LogP contribution in [0.25, 0.3) is 0 Å². The van der Waals surface area contributed by atoms with Crippen molar-refractivity contribution >= 4 is 23.3 Å². The lowest BCUT2D eigenvalue weighted by molar-refractivity contribution is -0.112. The lowest BCUT2D eigenvalue weighted by Gasteiger charge is -2.06. The van der Waals surface area contributed by atoms with Gasteiger partial charge in [0.1, 0.15) is 0 Å². The molecule has 1 aromatic rings. The third-order valence-corrected chi connectivity index (χ3v) is 2.98. The third kappa shape index (κ3) is 4.13. The van der Waals surface area contributed by atoms with Gasteiger partial charge in [0, 0.05) is 17.5 Å². The van der Waals surface area contributed by atoms with Crippen LogP contribution in [0, 0.1) is 5.92 Å². The fraction of sp³-hybridized carbons (Fsp3) is 0.286. The van der Waals surface area contributed by atoms with E-state index in [0.29, 0.717) is 17.3 Å². The van der Waals surface area contributed by atoms with Crippen molar-refractivity contribution in [1.82, 2.24) is 0 Å². The first-order chi connectivity index (χ1) is 9.04. The van der Waals surface area contributed by atoms with Crippen molar-refractivity contribution in [2.75, 3.05) is 10.6 Å². The van der Waals surface area contributed by atoms with Gasteiger partial charge in [0.25, 0.3) is 0 Å². The van der Waals surface area contributed by atoms with Crippen LogP contribution in [0.15, 0.2) is 35.9 Å².